The van der Waals surface area contributed by atoms with Gasteiger partial charge >= 0.3 is 69.3 Å². The molecule has 0 spiro atoms. The Morgan fingerprint density at radius 3 is 1.81 bits per heavy atom. The van der Waals surface area contributed by atoms with E-state index in [0.717, 1.165) is 18.9 Å². The van der Waals surface area contributed by atoms with E-state index in [2.05, 4.69) is 9.47 Å². The van der Waals surface area contributed by atoms with E-state index in [1.165, 1.54) is 12.1 Å². The topological polar surface area (TPSA) is 105 Å². The van der Waals surface area contributed by atoms with E-state index in [1.54, 1.807) is 0 Å². The van der Waals surface area contributed by atoms with Crippen LogP contribution in [0.2, 0.25) is 0 Å². The fourth-order valence-electron chi connectivity index (χ4n) is 1.81. The zero-order chi connectivity index (χ0) is 25.5. The van der Waals surface area contributed by atoms with E-state index >= 15 is 0 Å². The Kier molecular flexibility index (Phi) is 43.0. The fourth-order valence-corrected chi connectivity index (χ4v) is 2.28. The van der Waals surface area contributed by atoms with Gasteiger partial charge in [-0.25, -0.2) is 4.39 Å². The summed E-state index contributed by atoms with van der Waals surface area (Å²) in [4.78, 5) is 42.1. The predicted molar refractivity (Wildman–Crippen MR) is 137 cm³/mol. The first-order valence-electron chi connectivity index (χ1n) is 10.3. The minimum atomic E-state index is -0.669. The van der Waals surface area contributed by atoms with Gasteiger partial charge < -0.3 is 42.9 Å². The molecule has 0 aromatic heterocycles. The quantitative estimate of drug-likeness (QED) is 0.0564. The second kappa shape index (κ2) is 33.4. The molecule has 36 heavy (non-hydrogen) atoms. The van der Waals surface area contributed by atoms with Crippen molar-refractivity contribution in [1.82, 2.24) is 0 Å². The van der Waals surface area contributed by atoms with Gasteiger partial charge in [0.25, 0.3) is 0 Å². The number of ether oxygens (including phenoxy) is 4. The Hall–Kier alpha value is 0.416. The number of carbonyl (C=O) groups is 4. The molecule has 0 amide bonds. The van der Waals surface area contributed by atoms with E-state index < -0.39 is 5.82 Å². The molecule has 1 rings (SSSR count). The van der Waals surface area contributed by atoms with Gasteiger partial charge in [0.2, 0.25) is 6.79 Å². The van der Waals surface area contributed by atoms with Crippen molar-refractivity contribution in [3.8, 4) is 5.75 Å². The smallest absolute Gasteiger partial charge is 1.00 e. The molecule has 0 fully saturated rings. The second-order valence-electron chi connectivity index (χ2n) is 6.08. The Bertz CT molecular complexity index is 679. The summed E-state index contributed by atoms with van der Waals surface area (Å²) in [5, 5.41) is 0. The van der Waals surface area contributed by atoms with Crippen LogP contribution in [0.5, 0.6) is 5.75 Å². The van der Waals surface area contributed by atoms with Gasteiger partial charge in [-0.3, -0.25) is 19.2 Å². The molecule has 204 valence electrons. The molecule has 0 saturated heterocycles. The van der Waals surface area contributed by atoms with Crippen molar-refractivity contribution >= 4 is 58.4 Å². The minimum absolute atomic E-state index is 0. The summed E-state index contributed by atoms with van der Waals surface area (Å²) in [6.45, 7) is 5.46. The summed E-state index contributed by atoms with van der Waals surface area (Å²) in [5.74, 6) is -1.14. The summed E-state index contributed by atoms with van der Waals surface area (Å²) >= 11 is 7.09. The average molecular weight is 787 g/mol. The van der Waals surface area contributed by atoms with Crippen LogP contribution in [0, 0.1) is 5.82 Å². The molecular formula is C23H35ClFI2KO8. The molecule has 0 N–H and O–H groups in total. The molecule has 0 radical (unpaired) electrons. The van der Waals surface area contributed by atoms with Crippen molar-refractivity contribution in [3.05, 3.63) is 29.6 Å². The summed E-state index contributed by atoms with van der Waals surface area (Å²) < 4.78 is 32.4. The number of benzene rings is 1. The Labute approximate surface area is 292 Å². The average Bonchev–Trinajstić information content (AvgIpc) is 2.76. The van der Waals surface area contributed by atoms with Gasteiger partial charge in [-0.2, -0.15) is 0 Å². The van der Waals surface area contributed by atoms with Crippen LogP contribution in [0.15, 0.2) is 18.2 Å². The number of aldehydes is 1. The van der Waals surface area contributed by atoms with Crippen LogP contribution >= 0.6 is 34.2 Å². The van der Waals surface area contributed by atoms with E-state index in [0.29, 0.717) is 36.6 Å². The number of carbonyl (C=O) groups excluding carboxylic acids is 4. The van der Waals surface area contributed by atoms with Gasteiger partial charge in [0, 0.05) is 25.3 Å². The van der Waals surface area contributed by atoms with Crippen molar-refractivity contribution in [3.63, 3.8) is 0 Å². The summed E-state index contributed by atoms with van der Waals surface area (Å²) in [5.41, 5.74) is -0.0414. The first kappa shape index (κ1) is 46.3. The molecule has 0 aliphatic heterocycles. The Morgan fingerprint density at radius 2 is 1.42 bits per heavy atom. The molecule has 0 heterocycles. The number of halogens is 4. The second-order valence-corrected chi connectivity index (χ2v) is 6.92. The molecule has 0 unspecified atom stereocenters. The Morgan fingerprint density at radius 1 is 0.944 bits per heavy atom. The summed E-state index contributed by atoms with van der Waals surface area (Å²) in [7, 11) is 0. The van der Waals surface area contributed by atoms with Gasteiger partial charge in [0.1, 0.15) is 16.2 Å². The maximum absolute atomic E-state index is 13.1. The van der Waals surface area contributed by atoms with Gasteiger partial charge in [-0.15, -0.1) is 0 Å². The van der Waals surface area contributed by atoms with E-state index in [1.807, 2.05) is 43.4 Å². The Balaban J connectivity index is -0.000000144. The van der Waals surface area contributed by atoms with Crippen LogP contribution in [-0.2, 0) is 28.6 Å². The first-order valence-corrected chi connectivity index (χ1v) is 12.3. The van der Waals surface area contributed by atoms with Gasteiger partial charge in [-0.1, -0.05) is 39.8 Å². The van der Waals surface area contributed by atoms with Crippen LogP contribution in [0.1, 0.15) is 77.1 Å². The molecular weight excluding hydrogens is 752 g/mol. The maximum Gasteiger partial charge on any atom is 1.00 e. The molecule has 13 heteroatoms. The molecule has 8 nitrogen and oxygen atoms in total. The monoisotopic (exact) mass is 786 g/mol. The molecule has 0 atom stereocenters. The zero-order valence-electron chi connectivity index (χ0n) is 20.5. The van der Waals surface area contributed by atoms with Crippen LogP contribution in [0.3, 0.4) is 0 Å². The molecule has 0 bridgehead atoms. The van der Waals surface area contributed by atoms with Crippen molar-refractivity contribution in [2.75, 3.05) is 17.5 Å². The third kappa shape index (κ3) is 29.0. The number of hydrogen-bond acceptors (Lipinski definition) is 8. The van der Waals surface area contributed by atoms with E-state index in [9.17, 15) is 23.6 Å². The summed E-state index contributed by atoms with van der Waals surface area (Å²) in [6, 6.07) is 3.77. The van der Waals surface area contributed by atoms with Gasteiger partial charge in [0.15, 0.2) is 12.4 Å². The number of hydrogen-bond donors (Lipinski definition) is 0. The zero-order valence-corrected chi connectivity index (χ0v) is 28.6. The third-order valence-electron chi connectivity index (χ3n) is 3.34. The van der Waals surface area contributed by atoms with Crippen molar-refractivity contribution < 1.29 is 118 Å². The molecule has 0 saturated carbocycles. The third-order valence-corrected chi connectivity index (χ3v) is 3.76. The first-order chi connectivity index (χ1) is 15.8. The molecule has 0 aliphatic carbocycles. The van der Waals surface area contributed by atoms with E-state index in [-0.39, 0.29) is 125 Å². The minimum Gasteiger partial charge on any atom is -1.00 e. The largest absolute Gasteiger partial charge is 1.00 e. The molecule has 1 aromatic rings. The van der Waals surface area contributed by atoms with Crippen LogP contribution in [-0.4, -0.2) is 41.7 Å². The van der Waals surface area contributed by atoms with Crippen molar-refractivity contribution in [2.45, 2.75) is 66.7 Å². The summed E-state index contributed by atoms with van der Waals surface area (Å²) in [6.07, 6.45) is 4.13. The maximum atomic E-state index is 13.1. The van der Waals surface area contributed by atoms with Crippen LogP contribution in [0.4, 0.5) is 4.39 Å². The normalized spacial score (nSPS) is 8.50. The molecule has 1 aromatic carbocycles. The van der Waals surface area contributed by atoms with Crippen molar-refractivity contribution in [1.29, 1.82) is 0 Å². The number of esters is 3. The predicted octanol–water partition coefficient (Wildman–Crippen LogP) is 0.210. The standard InChI is InChI=1S/C12H13FO4.C5H9ClO2.C5H9IO2.CH4.HI.K/c1-2-3-12(15)17-8-16-10-5-4-9(7-14)11(13)6-10;2*1-2-3-5(7)8-4-6;;;/h4-7H,2-3,8H2,1H3;2*2-4H2,1H3;1H4;1H;/q;;;;;+1/p-1. The molecule has 0 aliphatic rings. The van der Waals surface area contributed by atoms with Gasteiger partial charge in [0.05, 0.1) is 5.56 Å². The number of rotatable bonds is 12. The van der Waals surface area contributed by atoms with Crippen molar-refractivity contribution in [2.24, 2.45) is 0 Å². The SMILES string of the molecule is C.CCCC(=O)OCCl.CCCC(=O)OCI.CCCC(=O)OCOc1ccc(C=O)c(F)c1.[I-].[K+]. The fraction of sp³-hybridized carbons (Fsp3) is 0.565. The van der Waals surface area contributed by atoms with Gasteiger partial charge in [-0.05, 0) is 54.0 Å². The van der Waals surface area contributed by atoms with E-state index in [4.69, 9.17) is 21.1 Å². The van der Waals surface area contributed by atoms with Crippen LogP contribution < -0.4 is 80.1 Å². The number of alkyl halides is 2. The van der Waals surface area contributed by atoms with Crippen LogP contribution in [0.25, 0.3) is 0 Å².